The van der Waals surface area contributed by atoms with E-state index in [1.807, 2.05) is 0 Å². The minimum atomic E-state index is -5.81. The Bertz CT molecular complexity index is 1300. The van der Waals surface area contributed by atoms with Crippen molar-refractivity contribution in [2.45, 2.75) is 50.3 Å². The third kappa shape index (κ3) is 9.34. The van der Waals surface area contributed by atoms with Crippen LogP contribution in [0.3, 0.4) is 0 Å². The Hall–Kier alpha value is -3.98. The van der Waals surface area contributed by atoms with Crippen LogP contribution in [0.4, 0.5) is 13.2 Å². The molecule has 40 heavy (non-hydrogen) atoms. The standard InChI is InChI=1S/C23H26F3N5O4S.C2H4O2/c24-23(25,26)36(34,35)30-18(13-15-5-2-1-3-6-15)22(33)31-12-4-7-19(31)21(32)29-14-16-8-10-17(11-9-16)20(27)28;1-2(3)4/h1-3,5-6,8-11,18-19,30H,4,7,12-14H2,(H3,27,28)(H,29,32);1H3,(H,3,4)/t18-,19+;/m1./s1. The Morgan fingerprint density at radius 3 is 2.20 bits per heavy atom. The van der Waals surface area contributed by atoms with Crippen molar-refractivity contribution in [2.75, 3.05) is 6.54 Å². The van der Waals surface area contributed by atoms with Gasteiger partial charge in [-0.2, -0.15) is 17.9 Å². The fourth-order valence-electron chi connectivity index (χ4n) is 3.90. The number of aliphatic carboxylic acids is 1. The molecule has 0 radical (unpaired) electrons. The first kappa shape index (κ1) is 32.2. The maximum atomic E-state index is 13.3. The molecular formula is C25H30F3N5O6S. The fourth-order valence-corrected chi connectivity index (χ4v) is 4.59. The zero-order valence-electron chi connectivity index (χ0n) is 21.4. The number of benzene rings is 2. The molecule has 1 fully saturated rings. The number of likely N-dealkylation sites (tertiary alicyclic amines) is 1. The van der Waals surface area contributed by atoms with E-state index in [4.69, 9.17) is 21.0 Å². The molecule has 0 aliphatic carbocycles. The minimum absolute atomic E-state index is 0.100. The highest BCUT2D eigenvalue weighted by Gasteiger charge is 2.48. The van der Waals surface area contributed by atoms with E-state index in [2.05, 4.69) is 5.32 Å². The molecule has 0 saturated carbocycles. The summed E-state index contributed by atoms with van der Waals surface area (Å²) in [4.78, 5) is 36.2. The van der Waals surface area contributed by atoms with E-state index in [1.165, 1.54) is 4.72 Å². The van der Waals surface area contributed by atoms with Crippen molar-refractivity contribution in [3.63, 3.8) is 0 Å². The van der Waals surface area contributed by atoms with Gasteiger partial charge in [0.1, 0.15) is 17.9 Å². The number of hydrogen-bond donors (Lipinski definition) is 5. The Balaban J connectivity index is 0.00000131. The lowest BCUT2D eigenvalue weighted by Crippen LogP contribution is -2.55. The summed E-state index contributed by atoms with van der Waals surface area (Å²) in [5.41, 5.74) is 1.51. The van der Waals surface area contributed by atoms with Crippen LogP contribution in [0.1, 0.15) is 36.5 Å². The van der Waals surface area contributed by atoms with Crippen LogP contribution in [0.2, 0.25) is 0 Å². The molecule has 2 aromatic rings. The molecule has 3 rings (SSSR count). The number of nitrogen functional groups attached to an aromatic ring is 1. The average Bonchev–Trinajstić information content (AvgIpc) is 3.36. The highest BCUT2D eigenvalue weighted by molar-refractivity contribution is 7.90. The van der Waals surface area contributed by atoms with E-state index in [0.29, 0.717) is 23.1 Å². The van der Waals surface area contributed by atoms with Gasteiger partial charge in [0.05, 0.1) is 0 Å². The molecule has 0 spiro atoms. The van der Waals surface area contributed by atoms with Gasteiger partial charge in [-0.05, 0) is 30.4 Å². The molecular weight excluding hydrogens is 555 g/mol. The quantitative estimate of drug-likeness (QED) is 0.219. The number of alkyl halides is 3. The summed E-state index contributed by atoms with van der Waals surface area (Å²) in [6.07, 6.45) is 0.397. The normalized spacial score (nSPS) is 15.9. The predicted molar refractivity (Wildman–Crippen MR) is 139 cm³/mol. The monoisotopic (exact) mass is 585 g/mol. The van der Waals surface area contributed by atoms with Crippen LogP contribution in [0.15, 0.2) is 54.6 Å². The summed E-state index contributed by atoms with van der Waals surface area (Å²) in [6, 6.07) is 11.9. The topological polar surface area (TPSA) is 183 Å². The van der Waals surface area contributed by atoms with E-state index in [-0.39, 0.29) is 31.8 Å². The second-order valence-corrected chi connectivity index (χ2v) is 10.6. The number of amides is 2. The number of carboxylic acids is 1. The van der Waals surface area contributed by atoms with E-state index < -0.39 is 45.4 Å². The zero-order valence-corrected chi connectivity index (χ0v) is 22.3. The predicted octanol–water partition coefficient (Wildman–Crippen LogP) is 1.72. The fraction of sp³-hybridized carbons (Fsp3) is 0.360. The number of amidine groups is 1. The van der Waals surface area contributed by atoms with E-state index in [1.54, 1.807) is 54.6 Å². The lowest BCUT2D eigenvalue weighted by atomic mass is 10.0. The van der Waals surface area contributed by atoms with Gasteiger partial charge in [-0.3, -0.25) is 19.8 Å². The van der Waals surface area contributed by atoms with Gasteiger partial charge in [-0.25, -0.2) is 8.42 Å². The Morgan fingerprint density at radius 2 is 1.68 bits per heavy atom. The molecule has 0 unspecified atom stereocenters. The SMILES string of the molecule is CC(=O)O.N=C(N)c1ccc(CNC(=O)[C@@H]2CCCN2C(=O)[C@@H](Cc2ccccc2)NS(=O)(=O)C(F)(F)F)cc1. The molecule has 0 aromatic heterocycles. The van der Waals surface area contributed by atoms with Gasteiger partial charge < -0.3 is 21.1 Å². The van der Waals surface area contributed by atoms with Gasteiger partial charge in [-0.1, -0.05) is 54.6 Å². The summed E-state index contributed by atoms with van der Waals surface area (Å²) < 4.78 is 64.3. The van der Waals surface area contributed by atoms with Crippen LogP contribution < -0.4 is 15.8 Å². The Kier molecular flexibility index (Phi) is 11.2. The molecule has 0 bridgehead atoms. The first-order valence-corrected chi connectivity index (χ1v) is 13.4. The number of nitrogens with zero attached hydrogens (tertiary/aromatic N) is 1. The first-order chi connectivity index (χ1) is 18.6. The minimum Gasteiger partial charge on any atom is -0.481 e. The molecule has 1 saturated heterocycles. The second kappa shape index (κ2) is 13.9. The molecule has 1 aliphatic heterocycles. The van der Waals surface area contributed by atoms with Gasteiger partial charge in [0, 0.05) is 25.6 Å². The molecule has 1 aliphatic rings. The van der Waals surface area contributed by atoms with Crippen molar-refractivity contribution < 1.29 is 41.1 Å². The van der Waals surface area contributed by atoms with Crippen molar-refractivity contribution >= 4 is 33.6 Å². The maximum absolute atomic E-state index is 13.3. The van der Waals surface area contributed by atoms with Crippen molar-refractivity contribution in [2.24, 2.45) is 5.73 Å². The van der Waals surface area contributed by atoms with Gasteiger partial charge in [0.15, 0.2) is 0 Å². The third-order valence-corrected chi connectivity index (χ3v) is 6.96. The number of carbonyl (C=O) groups excluding carboxylic acids is 2. The number of rotatable bonds is 9. The number of sulfonamides is 1. The summed E-state index contributed by atoms with van der Waals surface area (Å²) in [5, 5.41) is 17.5. The van der Waals surface area contributed by atoms with Crippen LogP contribution in [0, 0.1) is 5.41 Å². The van der Waals surface area contributed by atoms with Crippen molar-refractivity contribution in [3.05, 3.63) is 71.3 Å². The average molecular weight is 586 g/mol. The number of nitrogens with two attached hydrogens (primary N) is 1. The van der Waals surface area contributed by atoms with E-state index in [0.717, 1.165) is 11.8 Å². The van der Waals surface area contributed by atoms with Gasteiger partial charge in [-0.15, -0.1) is 0 Å². The maximum Gasteiger partial charge on any atom is 0.511 e. The van der Waals surface area contributed by atoms with Gasteiger partial charge >= 0.3 is 15.5 Å². The molecule has 2 atom stereocenters. The molecule has 1 heterocycles. The second-order valence-electron chi connectivity index (χ2n) is 8.85. The smallest absolute Gasteiger partial charge is 0.481 e. The van der Waals surface area contributed by atoms with Crippen LogP contribution in [0.25, 0.3) is 0 Å². The zero-order chi connectivity index (χ0) is 30.1. The van der Waals surface area contributed by atoms with Crippen LogP contribution in [-0.4, -0.2) is 66.2 Å². The Morgan fingerprint density at radius 1 is 1.10 bits per heavy atom. The van der Waals surface area contributed by atoms with Crippen LogP contribution in [0.5, 0.6) is 0 Å². The summed E-state index contributed by atoms with van der Waals surface area (Å²) >= 11 is 0. The van der Waals surface area contributed by atoms with E-state index >= 15 is 0 Å². The highest BCUT2D eigenvalue weighted by Crippen LogP contribution is 2.25. The highest BCUT2D eigenvalue weighted by atomic mass is 32.2. The number of hydrogen-bond acceptors (Lipinski definition) is 6. The largest absolute Gasteiger partial charge is 0.511 e. The molecule has 2 amide bonds. The van der Waals surface area contributed by atoms with Gasteiger partial charge in [0.2, 0.25) is 11.8 Å². The van der Waals surface area contributed by atoms with Crippen molar-refractivity contribution in [1.82, 2.24) is 14.9 Å². The molecule has 218 valence electrons. The van der Waals surface area contributed by atoms with Crippen LogP contribution >= 0.6 is 0 Å². The summed E-state index contributed by atoms with van der Waals surface area (Å²) in [6.45, 7) is 1.30. The molecule has 15 heteroatoms. The molecule has 2 aromatic carbocycles. The van der Waals surface area contributed by atoms with E-state index in [9.17, 15) is 31.2 Å². The number of carbonyl (C=O) groups is 3. The van der Waals surface area contributed by atoms with Crippen molar-refractivity contribution in [1.29, 1.82) is 5.41 Å². The van der Waals surface area contributed by atoms with Gasteiger partial charge in [0.25, 0.3) is 5.97 Å². The first-order valence-electron chi connectivity index (χ1n) is 12.0. The lowest BCUT2D eigenvalue weighted by molar-refractivity contribution is -0.139. The summed E-state index contributed by atoms with van der Waals surface area (Å²) in [5.74, 6) is -2.35. The number of halogens is 3. The Labute approximate surface area is 229 Å². The third-order valence-electron chi connectivity index (χ3n) is 5.75. The van der Waals surface area contributed by atoms with Crippen LogP contribution in [-0.2, 0) is 37.4 Å². The molecule has 6 N–H and O–H groups in total. The number of carboxylic acid groups (broad SMARTS) is 1. The molecule has 11 nitrogen and oxygen atoms in total. The van der Waals surface area contributed by atoms with Crippen molar-refractivity contribution in [3.8, 4) is 0 Å². The number of nitrogens with one attached hydrogen (secondary N) is 3. The lowest BCUT2D eigenvalue weighted by Gasteiger charge is -2.29. The summed E-state index contributed by atoms with van der Waals surface area (Å²) in [7, 11) is -5.81.